The number of amides is 1. The van der Waals surface area contributed by atoms with Crippen LogP contribution >= 0.6 is 0 Å². The second kappa shape index (κ2) is 6.95. The van der Waals surface area contributed by atoms with E-state index >= 15 is 0 Å². The van der Waals surface area contributed by atoms with Crippen LogP contribution in [-0.4, -0.2) is 29.1 Å². The van der Waals surface area contributed by atoms with Crippen molar-refractivity contribution < 1.29 is 18.7 Å². The lowest BCUT2D eigenvalue weighted by molar-refractivity contribution is -0.131. The fraction of sp³-hybridized carbons (Fsp3) is 0.304. The van der Waals surface area contributed by atoms with E-state index in [-0.39, 0.29) is 19.1 Å². The molecule has 2 aliphatic heterocycles. The van der Waals surface area contributed by atoms with Crippen molar-refractivity contribution in [1.82, 2.24) is 9.88 Å². The largest absolute Gasteiger partial charge is 0.454 e. The number of rotatable bonds is 3. The molecule has 0 saturated heterocycles. The van der Waals surface area contributed by atoms with Gasteiger partial charge in [0.05, 0.1) is 12.1 Å². The average Bonchev–Trinajstić information content (AvgIpc) is 3.32. The number of benzene rings is 2. The van der Waals surface area contributed by atoms with Gasteiger partial charge in [-0.15, -0.1) is 0 Å². The second-order valence-corrected chi connectivity index (χ2v) is 7.61. The van der Waals surface area contributed by atoms with Crippen molar-refractivity contribution in [3.63, 3.8) is 0 Å². The molecule has 148 valence electrons. The number of hydrogen-bond acceptors (Lipinski definition) is 5. The predicted octanol–water partition coefficient (Wildman–Crippen LogP) is 3.81. The quantitative estimate of drug-likeness (QED) is 0.680. The van der Waals surface area contributed by atoms with E-state index < -0.39 is 0 Å². The van der Waals surface area contributed by atoms with Crippen LogP contribution in [0.4, 0.5) is 0 Å². The van der Waals surface area contributed by atoms with Gasteiger partial charge in [0.1, 0.15) is 5.76 Å². The Morgan fingerprint density at radius 2 is 1.90 bits per heavy atom. The number of aryl methyl sites for hydroxylation is 2. The van der Waals surface area contributed by atoms with E-state index in [1.807, 2.05) is 55.1 Å². The van der Waals surface area contributed by atoms with Crippen LogP contribution in [0, 0.1) is 13.8 Å². The Morgan fingerprint density at radius 3 is 2.69 bits per heavy atom. The van der Waals surface area contributed by atoms with Crippen molar-refractivity contribution in [1.29, 1.82) is 0 Å². The normalized spacial score (nSPS) is 14.8. The molecule has 3 aromatic rings. The fourth-order valence-electron chi connectivity index (χ4n) is 3.91. The minimum atomic E-state index is 0.0560. The van der Waals surface area contributed by atoms with Gasteiger partial charge in [0, 0.05) is 18.7 Å². The van der Waals surface area contributed by atoms with E-state index in [0.717, 1.165) is 34.6 Å². The summed E-state index contributed by atoms with van der Waals surface area (Å²) in [6, 6.07) is 12.0. The molecule has 0 radical (unpaired) electrons. The molecule has 0 unspecified atom stereocenters. The fourth-order valence-corrected chi connectivity index (χ4v) is 3.91. The molecule has 0 saturated carbocycles. The highest BCUT2D eigenvalue weighted by Gasteiger charge is 2.26. The van der Waals surface area contributed by atoms with Crippen LogP contribution in [0.3, 0.4) is 0 Å². The van der Waals surface area contributed by atoms with Gasteiger partial charge in [-0.3, -0.25) is 4.79 Å². The number of oxazole rings is 1. The number of aromatic nitrogens is 1. The van der Waals surface area contributed by atoms with Crippen molar-refractivity contribution >= 4 is 5.91 Å². The zero-order chi connectivity index (χ0) is 20.0. The SMILES string of the molecule is Cc1cccc(-c2nc(CC(=O)N3CCc4cc5c(cc4C3)OCO5)c(C)o2)c1. The van der Waals surface area contributed by atoms with Gasteiger partial charge >= 0.3 is 0 Å². The summed E-state index contributed by atoms with van der Waals surface area (Å²) in [7, 11) is 0. The smallest absolute Gasteiger partial charge is 0.231 e. The van der Waals surface area contributed by atoms with E-state index in [4.69, 9.17) is 13.9 Å². The van der Waals surface area contributed by atoms with Crippen molar-refractivity contribution in [2.45, 2.75) is 33.2 Å². The van der Waals surface area contributed by atoms with Crippen LogP contribution in [0.15, 0.2) is 40.8 Å². The van der Waals surface area contributed by atoms with Gasteiger partial charge in [0.25, 0.3) is 0 Å². The first-order valence-electron chi connectivity index (χ1n) is 9.79. The molecule has 0 N–H and O–H groups in total. The maximum atomic E-state index is 13.0. The number of nitrogens with zero attached hydrogens (tertiary/aromatic N) is 2. The number of fused-ring (bicyclic) bond motifs is 2. The second-order valence-electron chi connectivity index (χ2n) is 7.61. The molecule has 0 atom stereocenters. The van der Waals surface area contributed by atoms with Crippen molar-refractivity contribution in [3.05, 3.63) is 64.5 Å². The van der Waals surface area contributed by atoms with Crippen LogP contribution in [0.5, 0.6) is 11.5 Å². The first kappa shape index (κ1) is 17.8. The molecule has 2 aromatic carbocycles. The van der Waals surface area contributed by atoms with Gasteiger partial charge < -0.3 is 18.8 Å². The van der Waals surface area contributed by atoms with E-state index in [1.54, 1.807) is 0 Å². The van der Waals surface area contributed by atoms with Gasteiger partial charge in [-0.1, -0.05) is 17.7 Å². The molecular weight excluding hydrogens is 368 g/mol. The van der Waals surface area contributed by atoms with Crippen LogP contribution in [0.25, 0.3) is 11.5 Å². The maximum Gasteiger partial charge on any atom is 0.231 e. The first-order valence-corrected chi connectivity index (χ1v) is 9.79. The summed E-state index contributed by atoms with van der Waals surface area (Å²) in [6.45, 7) is 5.42. The minimum absolute atomic E-state index is 0.0560. The molecular formula is C23H22N2O4. The summed E-state index contributed by atoms with van der Waals surface area (Å²) in [6.07, 6.45) is 1.05. The molecule has 2 aliphatic rings. The van der Waals surface area contributed by atoms with Gasteiger partial charge in [0.2, 0.25) is 18.6 Å². The van der Waals surface area contributed by atoms with E-state index in [0.29, 0.717) is 30.4 Å². The Labute approximate surface area is 169 Å². The number of carbonyl (C=O) groups is 1. The Kier molecular flexibility index (Phi) is 4.27. The Balaban J connectivity index is 1.32. The molecule has 6 heteroatoms. The summed E-state index contributed by atoms with van der Waals surface area (Å²) < 4.78 is 16.8. The Bertz CT molecular complexity index is 1100. The standard InChI is InChI=1S/C23H22N2O4/c1-14-4-3-5-17(8-14)23-24-19(15(2)29-23)11-22(26)25-7-6-16-9-20-21(28-13-27-20)10-18(16)12-25/h3-5,8-10H,6-7,11-13H2,1-2H3. The lowest BCUT2D eigenvalue weighted by Gasteiger charge is -2.29. The Morgan fingerprint density at radius 1 is 1.10 bits per heavy atom. The monoisotopic (exact) mass is 390 g/mol. The minimum Gasteiger partial charge on any atom is -0.454 e. The highest BCUT2D eigenvalue weighted by molar-refractivity contribution is 5.79. The first-order chi connectivity index (χ1) is 14.1. The molecule has 5 rings (SSSR count). The van der Waals surface area contributed by atoms with Gasteiger partial charge in [0.15, 0.2) is 11.5 Å². The van der Waals surface area contributed by atoms with Gasteiger partial charge in [-0.2, -0.15) is 0 Å². The molecule has 29 heavy (non-hydrogen) atoms. The third-order valence-electron chi connectivity index (χ3n) is 5.54. The Hall–Kier alpha value is -3.28. The zero-order valence-electron chi connectivity index (χ0n) is 16.5. The lowest BCUT2D eigenvalue weighted by atomic mass is 9.98. The summed E-state index contributed by atoms with van der Waals surface area (Å²) >= 11 is 0. The highest BCUT2D eigenvalue weighted by Crippen LogP contribution is 2.36. The molecule has 0 aliphatic carbocycles. The molecule has 1 amide bonds. The topological polar surface area (TPSA) is 64.8 Å². The summed E-state index contributed by atoms with van der Waals surface area (Å²) in [5.74, 6) is 2.86. The number of hydrogen-bond donors (Lipinski definition) is 0. The van der Waals surface area contributed by atoms with Crippen LogP contribution < -0.4 is 9.47 Å². The maximum absolute atomic E-state index is 13.0. The molecule has 0 bridgehead atoms. The molecule has 6 nitrogen and oxygen atoms in total. The summed E-state index contributed by atoms with van der Waals surface area (Å²) in [5.41, 5.74) is 5.10. The highest BCUT2D eigenvalue weighted by atomic mass is 16.7. The van der Waals surface area contributed by atoms with E-state index in [2.05, 4.69) is 4.98 Å². The van der Waals surface area contributed by atoms with Crippen molar-refractivity contribution in [2.24, 2.45) is 0 Å². The van der Waals surface area contributed by atoms with E-state index in [1.165, 1.54) is 5.56 Å². The van der Waals surface area contributed by atoms with E-state index in [9.17, 15) is 4.79 Å². The molecule has 1 aromatic heterocycles. The van der Waals surface area contributed by atoms with Crippen LogP contribution in [0.1, 0.15) is 28.1 Å². The molecule has 0 fully saturated rings. The summed E-state index contributed by atoms with van der Waals surface area (Å²) in [5, 5.41) is 0. The number of ether oxygens (including phenoxy) is 2. The third-order valence-corrected chi connectivity index (χ3v) is 5.54. The number of carbonyl (C=O) groups excluding carboxylic acids is 1. The van der Waals surface area contributed by atoms with Crippen LogP contribution in [0.2, 0.25) is 0 Å². The van der Waals surface area contributed by atoms with Gasteiger partial charge in [-0.05, 0) is 55.7 Å². The van der Waals surface area contributed by atoms with Gasteiger partial charge in [-0.25, -0.2) is 4.98 Å². The third kappa shape index (κ3) is 3.35. The van der Waals surface area contributed by atoms with Crippen LogP contribution in [-0.2, 0) is 24.2 Å². The molecule has 0 spiro atoms. The van der Waals surface area contributed by atoms with Crippen molar-refractivity contribution in [3.8, 4) is 23.0 Å². The molecule has 3 heterocycles. The zero-order valence-corrected chi connectivity index (χ0v) is 16.5. The summed E-state index contributed by atoms with van der Waals surface area (Å²) in [4.78, 5) is 19.4. The average molecular weight is 390 g/mol. The van der Waals surface area contributed by atoms with Crippen molar-refractivity contribution in [2.75, 3.05) is 13.3 Å². The lowest BCUT2D eigenvalue weighted by Crippen LogP contribution is -2.37. The predicted molar refractivity (Wildman–Crippen MR) is 107 cm³/mol.